The van der Waals surface area contributed by atoms with Crippen molar-refractivity contribution in [1.82, 2.24) is 15.0 Å². The second-order valence-electron chi connectivity index (χ2n) is 3.78. The lowest BCUT2D eigenvalue weighted by Crippen LogP contribution is -2.03. The largest absolute Gasteiger partial charge is 0.493 e. The normalized spacial score (nSPS) is 10.3. The Morgan fingerprint density at radius 2 is 1.95 bits per heavy atom. The number of nitrogens with zero attached hydrogens (tertiary/aromatic N) is 3. The molecule has 2 aromatic rings. The molecule has 0 aliphatic heterocycles. The quantitative estimate of drug-likeness (QED) is 0.894. The van der Waals surface area contributed by atoms with E-state index in [0.29, 0.717) is 22.9 Å². The molecule has 0 spiro atoms. The van der Waals surface area contributed by atoms with E-state index < -0.39 is 5.97 Å². The smallest absolute Gasteiger partial charge is 0.358 e. The first-order valence-electron chi connectivity index (χ1n) is 5.46. The number of aromatic carboxylic acids is 1. The number of carbonyl (C=O) groups is 1. The zero-order chi connectivity index (χ0) is 14.0. The second-order valence-corrected chi connectivity index (χ2v) is 3.78. The van der Waals surface area contributed by atoms with Crippen molar-refractivity contribution in [3.63, 3.8) is 0 Å². The predicted molar refractivity (Wildman–Crippen MR) is 66.2 cm³/mol. The topological polar surface area (TPSA) is 86.5 Å². The average molecular weight is 263 g/mol. The van der Waals surface area contributed by atoms with E-state index in [1.165, 1.54) is 11.8 Å². The standard InChI is InChI=1S/C12H13N3O4/c1-7-11(12(16)17)13-14-15(7)8-4-5-9(18-2)10(6-8)19-3/h4-6H,1-3H3,(H,16,17). The number of rotatable bonds is 4. The first-order valence-corrected chi connectivity index (χ1v) is 5.46. The number of aromatic nitrogens is 3. The molecule has 0 atom stereocenters. The first kappa shape index (κ1) is 12.9. The van der Waals surface area contributed by atoms with Crippen molar-refractivity contribution in [2.75, 3.05) is 14.2 Å². The van der Waals surface area contributed by atoms with Crippen LogP contribution in [0, 0.1) is 6.92 Å². The van der Waals surface area contributed by atoms with Gasteiger partial charge in [-0.25, -0.2) is 9.48 Å². The van der Waals surface area contributed by atoms with Crippen molar-refractivity contribution >= 4 is 5.97 Å². The third kappa shape index (κ3) is 2.22. The highest BCUT2D eigenvalue weighted by molar-refractivity contribution is 5.86. The van der Waals surface area contributed by atoms with Gasteiger partial charge in [-0.3, -0.25) is 0 Å². The van der Waals surface area contributed by atoms with Gasteiger partial charge in [0.2, 0.25) is 0 Å². The van der Waals surface area contributed by atoms with Crippen LogP contribution >= 0.6 is 0 Å². The van der Waals surface area contributed by atoms with E-state index in [4.69, 9.17) is 14.6 Å². The van der Waals surface area contributed by atoms with Gasteiger partial charge in [-0.05, 0) is 19.1 Å². The van der Waals surface area contributed by atoms with Gasteiger partial charge in [-0.15, -0.1) is 5.10 Å². The molecule has 7 heteroatoms. The molecule has 0 fully saturated rings. The predicted octanol–water partition coefficient (Wildman–Crippen LogP) is 1.29. The van der Waals surface area contributed by atoms with Crippen molar-refractivity contribution in [3.8, 4) is 17.2 Å². The molecular weight excluding hydrogens is 250 g/mol. The molecule has 0 radical (unpaired) electrons. The van der Waals surface area contributed by atoms with Crippen molar-refractivity contribution in [2.45, 2.75) is 6.92 Å². The Morgan fingerprint density at radius 1 is 1.26 bits per heavy atom. The molecule has 19 heavy (non-hydrogen) atoms. The van der Waals surface area contributed by atoms with Gasteiger partial charge in [0.1, 0.15) is 0 Å². The molecule has 1 heterocycles. The van der Waals surface area contributed by atoms with Crippen LogP contribution in [0.5, 0.6) is 11.5 Å². The Morgan fingerprint density at radius 3 is 2.47 bits per heavy atom. The van der Waals surface area contributed by atoms with E-state index in [1.54, 1.807) is 32.2 Å². The van der Waals surface area contributed by atoms with Gasteiger partial charge in [0.05, 0.1) is 25.6 Å². The first-order chi connectivity index (χ1) is 9.08. The van der Waals surface area contributed by atoms with Crippen LogP contribution < -0.4 is 9.47 Å². The van der Waals surface area contributed by atoms with Crippen molar-refractivity contribution in [3.05, 3.63) is 29.6 Å². The molecular formula is C12H13N3O4. The summed E-state index contributed by atoms with van der Waals surface area (Å²) in [7, 11) is 3.07. The van der Waals surface area contributed by atoms with Crippen molar-refractivity contribution in [1.29, 1.82) is 0 Å². The van der Waals surface area contributed by atoms with Crippen molar-refractivity contribution < 1.29 is 19.4 Å². The Kier molecular flexibility index (Phi) is 3.37. The summed E-state index contributed by atoms with van der Waals surface area (Å²) in [5.41, 5.74) is 1.02. The molecule has 2 rings (SSSR count). The Bertz CT molecular complexity index is 621. The maximum atomic E-state index is 10.9. The fraction of sp³-hybridized carbons (Fsp3) is 0.250. The summed E-state index contributed by atoms with van der Waals surface area (Å²) in [6.07, 6.45) is 0. The van der Waals surface area contributed by atoms with Gasteiger partial charge in [0, 0.05) is 6.07 Å². The van der Waals surface area contributed by atoms with Crippen molar-refractivity contribution in [2.24, 2.45) is 0 Å². The monoisotopic (exact) mass is 263 g/mol. The Balaban J connectivity index is 2.50. The number of hydrogen-bond donors (Lipinski definition) is 1. The molecule has 1 aromatic heterocycles. The van der Waals surface area contributed by atoms with E-state index >= 15 is 0 Å². The number of hydrogen-bond acceptors (Lipinski definition) is 5. The molecule has 1 aromatic carbocycles. The number of carboxylic acids is 1. The summed E-state index contributed by atoms with van der Waals surface area (Å²) >= 11 is 0. The molecule has 100 valence electrons. The second kappa shape index (κ2) is 4.97. The summed E-state index contributed by atoms with van der Waals surface area (Å²) in [5, 5.41) is 16.4. The highest BCUT2D eigenvalue weighted by Gasteiger charge is 2.17. The van der Waals surface area contributed by atoms with Crippen LogP contribution in [0.15, 0.2) is 18.2 Å². The number of methoxy groups -OCH3 is 2. The van der Waals surface area contributed by atoms with Gasteiger partial charge < -0.3 is 14.6 Å². The Hall–Kier alpha value is -2.57. The summed E-state index contributed by atoms with van der Waals surface area (Å²) < 4.78 is 11.8. The number of benzene rings is 1. The number of ether oxygens (including phenoxy) is 2. The van der Waals surface area contributed by atoms with E-state index in [1.807, 2.05) is 0 Å². The summed E-state index contributed by atoms with van der Waals surface area (Å²) in [6, 6.07) is 5.16. The van der Waals surface area contributed by atoms with Crippen LogP contribution in [0.2, 0.25) is 0 Å². The Labute approximate surface area is 109 Å². The van der Waals surface area contributed by atoms with Gasteiger partial charge in [0.15, 0.2) is 17.2 Å². The molecule has 0 aliphatic carbocycles. The minimum absolute atomic E-state index is 0.0743. The minimum atomic E-state index is -1.11. The summed E-state index contributed by atoms with van der Waals surface area (Å²) in [5.74, 6) is 0.0125. The molecule has 0 amide bonds. The lowest BCUT2D eigenvalue weighted by atomic mass is 10.2. The van der Waals surface area contributed by atoms with Gasteiger partial charge >= 0.3 is 5.97 Å². The minimum Gasteiger partial charge on any atom is -0.493 e. The SMILES string of the molecule is COc1ccc(-n2nnc(C(=O)O)c2C)cc1OC. The molecule has 1 N–H and O–H groups in total. The van der Waals surface area contributed by atoms with Crippen LogP contribution in [0.4, 0.5) is 0 Å². The fourth-order valence-corrected chi connectivity index (χ4v) is 1.73. The maximum Gasteiger partial charge on any atom is 0.358 e. The highest BCUT2D eigenvalue weighted by atomic mass is 16.5. The van der Waals surface area contributed by atoms with E-state index in [-0.39, 0.29) is 5.69 Å². The lowest BCUT2D eigenvalue weighted by Gasteiger charge is -2.10. The van der Waals surface area contributed by atoms with Crippen LogP contribution in [0.1, 0.15) is 16.2 Å². The third-order valence-corrected chi connectivity index (χ3v) is 2.71. The third-order valence-electron chi connectivity index (χ3n) is 2.71. The molecule has 0 aliphatic rings. The number of carboxylic acid groups (broad SMARTS) is 1. The van der Waals surface area contributed by atoms with E-state index in [0.717, 1.165) is 0 Å². The summed E-state index contributed by atoms with van der Waals surface area (Å²) in [4.78, 5) is 10.9. The van der Waals surface area contributed by atoms with Crippen LogP contribution in [0.3, 0.4) is 0 Å². The molecule has 7 nitrogen and oxygen atoms in total. The van der Waals surface area contributed by atoms with E-state index in [9.17, 15) is 4.79 Å². The van der Waals surface area contributed by atoms with Crippen LogP contribution in [0.25, 0.3) is 5.69 Å². The zero-order valence-corrected chi connectivity index (χ0v) is 10.7. The maximum absolute atomic E-state index is 10.9. The van der Waals surface area contributed by atoms with Gasteiger partial charge in [-0.2, -0.15) is 0 Å². The zero-order valence-electron chi connectivity index (χ0n) is 10.7. The molecule has 0 saturated carbocycles. The van der Waals surface area contributed by atoms with Gasteiger partial charge in [-0.1, -0.05) is 5.21 Å². The fourth-order valence-electron chi connectivity index (χ4n) is 1.73. The lowest BCUT2D eigenvalue weighted by molar-refractivity contribution is 0.0689. The average Bonchev–Trinajstić information content (AvgIpc) is 2.80. The molecule has 0 unspecified atom stereocenters. The molecule has 0 saturated heterocycles. The summed E-state index contributed by atoms with van der Waals surface area (Å²) in [6.45, 7) is 1.64. The molecule has 0 bridgehead atoms. The van der Waals surface area contributed by atoms with Gasteiger partial charge in [0.25, 0.3) is 0 Å². The van der Waals surface area contributed by atoms with E-state index in [2.05, 4.69) is 10.3 Å². The van der Waals surface area contributed by atoms with Crippen LogP contribution in [-0.4, -0.2) is 40.3 Å². The highest BCUT2D eigenvalue weighted by Crippen LogP contribution is 2.29. The van der Waals surface area contributed by atoms with Crippen LogP contribution in [-0.2, 0) is 0 Å².